The molecule has 4 aromatic rings. The molecule has 242 valence electrons. The number of hydrogen-bond acceptors (Lipinski definition) is 7. The zero-order valence-electron chi connectivity index (χ0n) is 26.0. The first-order chi connectivity index (χ1) is 22.3. The van der Waals surface area contributed by atoms with Gasteiger partial charge in [-0.15, -0.1) is 11.3 Å². The smallest absolute Gasteiger partial charge is 0.414 e. The number of carbonyl (C=O) groups excluding carboxylic acids is 1. The Bertz CT molecular complexity index is 1620. The molecule has 0 radical (unpaired) electrons. The highest BCUT2D eigenvalue weighted by Gasteiger charge is 2.25. The van der Waals surface area contributed by atoms with Gasteiger partial charge in [-0.1, -0.05) is 30.3 Å². The van der Waals surface area contributed by atoms with Crippen molar-refractivity contribution in [2.24, 2.45) is 0 Å². The second-order valence-corrected chi connectivity index (χ2v) is 12.7. The monoisotopic (exact) mass is 644 g/mol. The van der Waals surface area contributed by atoms with Crippen molar-refractivity contribution in [3.05, 3.63) is 83.9 Å². The number of ether oxygens (including phenoxy) is 2. The van der Waals surface area contributed by atoms with Crippen molar-refractivity contribution in [2.45, 2.75) is 45.1 Å². The Kier molecular flexibility index (Phi) is 11.3. The summed E-state index contributed by atoms with van der Waals surface area (Å²) in [5.74, 6) is -1.63. The van der Waals surface area contributed by atoms with Crippen LogP contribution in [0.25, 0.3) is 20.5 Å². The van der Waals surface area contributed by atoms with Gasteiger partial charge in [-0.25, -0.2) is 9.59 Å². The summed E-state index contributed by atoms with van der Waals surface area (Å²) in [6.07, 6.45) is 5.09. The molecule has 2 fully saturated rings. The maximum absolute atomic E-state index is 12.0. The van der Waals surface area contributed by atoms with Gasteiger partial charge in [0.15, 0.2) is 0 Å². The fourth-order valence-electron chi connectivity index (χ4n) is 5.86. The normalized spacial score (nSPS) is 15.4. The summed E-state index contributed by atoms with van der Waals surface area (Å²) in [7, 11) is 0. The lowest BCUT2D eigenvalue weighted by atomic mass is 9.99. The van der Waals surface area contributed by atoms with Crippen LogP contribution in [0, 0.1) is 0 Å². The van der Waals surface area contributed by atoms with Crippen LogP contribution in [0.2, 0.25) is 0 Å². The first-order valence-electron chi connectivity index (χ1n) is 15.7. The fourth-order valence-corrected chi connectivity index (χ4v) is 7.09. The van der Waals surface area contributed by atoms with E-state index in [1.54, 1.807) is 0 Å². The Labute approximate surface area is 273 Å². The van der Waals surface area contributed by atoms with Gasteiger partial charge in [-0.05, 0) is 110 Å². The van der Waals surface area contributed by atoms with Gasteiger partial charge in [0.05, 0.1) is 6.04 Å². The average molecular weight is 645 g/mol. The fraction of sp³-hybridized carbons (Fsp3) is 0.361. The Morgan fingerprint density at radius 1 is 0.848 bits per heavy atom. The van der Waals surface area contributed by atoms with Crippen molar-refractivity contribution in [1.29, 1.82) is 0 Å². The second kappa shape index (κ2) is 15.7. The molecule has 3 aromatic carbocycles. The Balaban J connectivity index is 0.000000635. The topological polar surface area (TPSA) is 117 Å². The third-order valence-corrected chi connectivity index (χ3v) is 9.57. The molecule has 1 atom stereocenters. The Morgan fingerprint density at radius 2 is 1.50 bits per heavy atom. The zero-order chi connectivity index (χ0) is 32.5. The second-order valence-electron chi connectivity index (χ2n) is 11.6. The summed E-state index contributed by atoms with van der Waals surface area (Å²) >= 11 is 1.86. The molecule has 46 heavy (non-hydrogen) atoms. The van der Waals surface area contributed by atoms with Gasteiger partial charge in [0, 0.05) is 29.1 Å². The number of carboxylic acid groups (broad SMARTS) is 2. The molecule has 3 heterocycles. The summed E-state index contributed by atoms with van der Waals surface area (Å²) in [5, 5.41) is 16.1. The molecule has 2 aliphatic heterocycles. The number of thiophene rings is 1. The summed E-state index contributed by atoms with van der Waals surface area (Å²) in [4.78, 5) is 35.9. The molecule has 2 N–H and O–H groups in total. The van der Waals surface area contributed by atoms with E-state index < -0.39 is 11.9 Å². The van der Waals surface area contributed by atoms with Crippen molar-refractivity contribution in [3.8, 4) is 21.9 Å². The van der Waals surface area contributed by atoms with Crippen LogP contribution < -0.4 is 9.47 Å². The highest BCUT2D eigenvalue weighted by atomic mass is 32.1. The van der Waals surface area contributed by atoms with Crippen LogP contribution in [0.5, 0.6) is 11.5 Å². The van der Waals surface area contributed by atoms with E-state index in [0.29, 0.717) is 13.0 Å². The third-order valence-electron chi connectivity index (χ3n) is 8.31. The maximum atomic E-state index is 12.0. The number of carboxylic acids is 2. The van der Waals surface area contributed by atoms with Gasteiger partial charge in [0.2, 0.25) is 5.91 Å². The van der Waals surface area contributed by atoms with E-state index in [9.17, 15) is 4.79 Å². The predicted molar refractivity (Wildman–Crippen MR) is 179 cm³/mol. The molecule has 2 saturated heterocycles. The van der Waals surface area contributed by atoms with Gasteiger partial charge in [0.1, 0.15) is 24.7 Å². The number of amides is 1. The molecule has 0 unspecified atom stereocenters. The zero-order valence-corrected chi connectivity index (χ0v) is 26.8. The molecule has 0 saturated carbocycles. The Hall–Kier alpha value is -4.41. The van der Waals surface area contributed by atoms with Crippen LogP contribution in [-0.4, -0.2) is 83.3 Å². The van der Waals surface area contributed by atoms with Crippen molar-refractivity contribution >= 4 is 39.3 Å². The van der Waals surface area contributed by atoms with Crippen LogP contribution in [0.1, 0.15) is 43.7 Å². The number of carbonyl (C=O) groups is 3. The minimum Gasteiger partial charge on any atom is -0.492 e. The number of aliphatic carboxylic acids is 2. The van der Waals surface area contributed by atoms with E-state index >= 15 is 0 Å². The highest BCUT2D eigenvalue weighted by Crippen LogP contribution is 2.40. The SMILES string of the molecule is C[C@H](COc1ccc(Cc2c(-c3ccc(OCCN4CCCC4)cc3)sc3ccccc23)cc1)N1CCCC1=O.O=C(O)C(=O)O. The molecule has 10 heteroatoms. The summed E-state index contributed by atoms with van der Waals surface area (Å²) in [5.41, 5.74) is 3.84. The predicted octanol–water partition coefficient (Wildman–Crippen LogP) is 6.18. The first kappa shape index (κ1) is 33.0. The number of benzene rings is 3. The maximum Gasteiger partial charge on any atom is 0.414 e. The van der Waals surface area contributed by atoms with E-state index in [4.69, 9.17) is 29.3 Å². The molecule has 1 aromatic heterocycles. The van der Waals surface area contributed by atoms with Crippen LogP contribution in [0.3, 0.4) is 0 Å². The van der Waals surface area contributed by atoms with E-state index in [1.165, 1.54) is 57.6 Å². The van der Waals surface area contributed by atoms with Gasteiger partial charge >= 0.3 is 11.9 Å². The molecule has 6 rings (SSSR count). The van der Waals surface area contributed by atoms with E-state index in [0.717, 1.165) is 44.0 Å². The van der Waals surface area contributed by atoms with Gasteiger partial charge in [-0.3, -0.25) is 9.69 Å². The van der Waals surface area contributed by atoms with Crippen LogP contribution in [0.4, 0.5) is 0 Å². The van der Waals surface area contributed by atoms with Gasteiger partial charge < -0.3 is 24.6 Å². The van der Waals surface area contributed by atoms with Crippen molar-refractivity contribution in [2.75, 3.05) is 39.4 Å². The lowest BCUT2D eigenvalue weighted by Gasteiger charge is -2.24. The van der Waals surface area contributed by atoms with Gasteiger partial charge in [0.25, 0.3) is 0 Å². The van der Waals surface area contributed by atoms with Gasteiger partial charge in [-0.2, -0.15) is 0 Å². The van der Waals surface area contributed by atoms with Crippen molar-refractivity contribution < 1.29 is 34.1 Å². The van der Waals surface area contributed by atoms with E-state index in [1.807, 2.05) is 16.2 Å². The third kappa shape index (κ3) is 8.64. The van der Waals surface area contributed by atoms with Crippen LogP contribution in [0.15, 0.2) is 72.8 Å². The molecular formula is C36H40N2O7S. The largest absolute Gasteiger partial charge is 0.492 e. The standard InChI is InChI=1S/C34H38N2O3S.C2H2O4/c1-25(36-20-6-9-33(36)37)24-39-29-14-10-26(11-15-29)23-31-30-7-2-3-8-32(30)40-34(31)27-12-16-28(17-13-27)38-22-21-35-18-4-5-19-35;3-1(4)2(5)6/h2-3,7-8,10-17,25H,4-6,9,18-24H2,1H3;(H,3,4)(H,5,6)/t25-;/m1./s1. The minimum atomic E-state index is -1.82. The number of rotatable bonds is 11. The lowest BCUT2D eigenvalue weighted by Crippen LogP contribution is -2.38. The molecule has 2 aliphatic rings. The molecule has 0 bridgehead atoms. The number of fused-ring (bicyclic) bond motifs is 1. The molecule has 9 nitrogen and oxygen atoms in total. The first-order valence-corrected chi connectivity index (χ1v) is 16.5. The summed E-state index contributed by atoms with van der Waals surface area (Å²) in [6, 6.07) is 25.8. The van der Waals surface area contributed by atoms with Crippen molar-refractivity contribution in [3.63, 3.8) is 0 Å². The molecular weight excluding hydrogens is 604 g/mol. The van der Waals surface area contributed by atoms with Crippen molar-refractivity contribution in [1.82, 2.24) is 9.80 Å². The number of nitrogens with zero attached hydrogens (tertiary/aromatic N) is 2. The van der Waals surface area contributed by atoms with Crippen LogP contribution in [-0.2, 0) is 20.8 Å². The molecule has 0 spiro atoms. The summed E-state index contributed by atoms with van der Waals surface area (Å²) in [6.45, 7) is 7.57. The van der Waals surface area contributed by atoms with Crippen LogP contribution >= 0.6 is 11.3 Å². The Morgan fingerprint density at radius 3 is 2.15 bits per heavy atom. The quantitative estimate of drug-likeness (QED) is 0.186. The highest BCUT2D eigenvalue weighted by molar-refractivity contribution is 7.22. The minimum absolute atomic E-state index is 0.0938. The number of likely N-dealkylation sites (tertiary alicyclic amines) is 2. The number of hydrogen-bond donors (Lipinski definition) is 2. The lowest BCUT2D eigenvalue weighted by molar-refractivity contribution is -0.159. The average Bonchev–Trinajstić information content (AvgIpc) is 3.82. The van der Waals surface area contributed by atoms with E-state index in [-0.39, 0.29) is 11.9 Å². The van der Waals surface area contributed by atoms with E-state index in [2.05, 4.69) is 84.6 Å². The molecule has 1 amide bonds. The summed E-state index contributed by atoms with van der Waals surface area (Å²) < 4.78 is 13.4. The molecule has 0 aliphatic carbocycles.